The molecule has 0 saturated heterocycles. The number of halogens is 2. The van der Waals surface area contributed by atoms with E-state index in [0.717, 1.165) is 0 Å². The van der Waals surface area contributed by atoms with E-state index >= 15 is 0 Å². The first kappa shape index (κ1) is 16.6. The van der Waals surface area contributed by atoms with Gasteiger partial charge in [0.2, 0.25) is 0 Å². The van der Waals surface area contributed by atoms with Crippen molar-refractivity contribution in [2.75, 3.05) is 0 Å². The number of benzene rings is 2. The highest BCUT2D eigenvalue weighted by Crippen LogP contribution is 2.27. The van der Waals surface area contributed by atoms with Crippen LogP contribution in [0.4, 0.5) is 8.78 Å². The Balaban J connectivity index is 2.41. The largest absolute Gasteiger partial charge is 0.456 e. The third-order valence-electron chi connectivity index (χ3n) is 3.03. The van der Waals surface area contributed by atoms with Crippen LogP contribution in [0.15, 0.2) is 36.4 Å². The van der Waals surface area contributed by atoms with Crippen LogP contribution in [0.1, 0.15) is 36.7 Å². The Morgan fingerprint density at radius 2 is 1.65 bits per heavy atom. The van der Waals surface area contributed by atoms with Crippen molar-refractivity contribution in [2.45, 2.75) is 26.4 Å². The van der Waals surface area contributed by atoms with Crippen molar-refractivity contribution >= 4 is 5.97 Å². The van der Waals surface area contributed by atoms with Gasteiger partial charge in [0.25, 0.3) is 0 Å². The predicted molar refractivity (Wildman–Crippen MR) is 81.7 cm³/mol. The van der Waals surface area contributed by atoms with E-state index in [1.54, 1.807) is 20.8 Å². The number of nitriles is 1. The standard InChI is InChI=1S/C18H15F2NO2/c1-18(2,3)23-17(22)14-9-8-13(15(19)16(14)20)12-6-4-11(10-21)5-7-12/h4-9H,1-3H3. The van der Waals surface area contributed by atoms with E-state index in [4.69, 9.17) is 10.00 Å². The summed E-state index contributed by atoms with van der Waals surface area (Å²) < 4.78 is 33.5. The van der Waals surface area contributed by atoms with Gasteiger partial charge in [-0.15, -0.1) is 0 Å². The van der Waals surface area contributed by atoms with Gasteiger partial charge >= 0.3 is 5.97 Å². The van der Waals surface area contributed by atoms with Gasteiger partial charge in [-0.1, -0.05) is 18.2 Å². The lowest BCUT2D eigenvalue weighted by molar-refractivity contribution is 0.00637. The van der Waals surface area contributed by atoms with Gasteiger partial charge in [-0.25, -0.2) is 13.6 Å². The maximum atomic E-state index is 14.3. The Bertz CT molecular complexity index is 784. The summed E-state index contributed by atoms with van der Waals surface area (Å²) >= 11 is 0. The van der Waals surface area contributed by atoms with Crippen LogP contribution in [0.3, 0.4) is 0 Å². The second-order valence-corrected chi connectivity index (χ2v) is 5.98. The number of nitrogens with zero attached hydrogens (tertiary/aromatic N) is 1. The fourth-order valence-electron chi connectivity index (χ4n) is 1.99. The molecule has 0 heterocycles. The van der Waals surface area contributed by atoms with Gasteiger partial charge in [-0.3, -0.25) is 0 Å². The van der Waals surface area contributed by atoms with Crippen molar-refractivity contribution in [2.24, 2.45) is 0 Å². The normalized spacial score (nSPS) is 11.0. The van der Waals surface area contributed by atoms with Crippen LogP contribution >= 0.6 is 0 Å². The molecule has 0 amide bonds. The molecule has 2 aromatic carbocycles. The number of carbonyl (C=O) groups is 1. The average Bonchev–Trinajstić information content (AvgIpc) is 2.48. The zero-order chi connectivity index (χ0) is 17.2. The Morgan fingerprint density at radius 3 is 2.17 bits per heavy atom. The van der Waals surface area contributed by atoms with Crippen molar-refractivity contribution < 1.29 is 18.3 Å². The van der Waals surface area contributed by atoms with Gasteiger partial charge < -0.3 is 4.74 Å². The summed E-state index contributed by atoms with van der Waals surface area (Å²) in [5.74, 6) is -3.29. The summed E-state index contributed by atoms with van der Waals surface area (Å²) in [6.07, 6.45) is 0. The SMILES string of the molecule is CC(C)(C)OC(=O)c1ccc(-c2ccc(C#N)cc2)c(F)c1F. The molecular weight excluding hydrogens is 300 g/mol. The van der Waals surface area contributed by atoms with E-state index in [-0.39, 0.29) is 5.56 Å². The minimum absolute atomic E-state index is 0.0132. The number of hydrogen-bond donors (Lipinski definition) is 0. The molecule has 0 aromatic heterocycles. The van der Waals surface area contributed by atoms with Crippen LogP contribution < -0.4 is 0 Å². The molecular formula is C18H15F2NO2. The molecule has 23 heavy (non-hydrogen) atoms. The summed E-state index contributed by atoms with van der Waals surface area (Å²) in [5.41, 5.74) is -0.406. The zero-order valence-electron chi connectivity index (χ0n) is 13.0. The van der Waals surface area contributed by atoms with E-state index in [0.29, 0.717) is 11.1 Å². The van der Waals surface area contributed by atoms with Gasteiger partial charge in [0.05, 0.1) is 17.2 Å². The highest BCUT2D eigenvalue weighted by Gasteiger charge is 2.24. The highest BCUT2D eigenvalue weighted by molar-refractivity contribution is 5.90. The van der Waals surface area contributed by atoms with Crippen LogP contribution in [-0.2, 0) is 4.74 Å². The lowest BCUT2D eigenvalue weighted by Crippen LogP contribution is -2.24. The lowest BCUT2D eigenvalue weighted by atomic mass is 10.0. The zero-order valence-corrected chi connectivity index (χ0v) is 13.0. The molecule has 0 aliphatic rings. The van der Waals surface area contributed by atoms with E-state index in [1.807, 2.05) is 6.07 Å². The quantitative estimate of drug-likeness (QED) is 0.769. The molecule has 0 unspecified atom stereocenters. The monoisotopic (exact) mass is 315 g/mol. The van der Waals surface area contributed by atoms with Gasteiger partial charge in [0.1, 0.15) is 5.60 Å². The second kappa shape index (κ2) is 6.17. The van der Waals surface area contributed by atoms with Crippen LogP contribution in [0, 0.1) is 23.0 Å². The average molecular weight is 315 g/mol. The number of ether oxygens (including phenoxy) is 1. The molecule has 0 atom stereocenters. The Kier molecular flexibility index (Phi) is 4.46. The molecule has 118 valence electrons. The van der Waals surface area contributed by atoms with Crippen molar-refractivity contribution in [1.29, 1.82) is 5.26 Å². The highest BCUT2D eigenvalue weighted by atomic mass is 19.2. The van der Waals surface area contributed by atoms with Crippen molar-refractivity contribution in [3.8, 4) is 17.2 Å². The van der Waals surface area contributed by atoms with Gasteiger partial charge in [0, 0.05) is 5.56 Å². The maximum Gasteiger partial charge on any atom is 0.341 e. The molecule has 0 bridgehead atoms. The number of rotatable bonds is 2. The molecule has 0 radical (unpaired) electrons. The maximum absolute atomic E-state index is 14.3. The second-order valence-electron chi connectivity index (χ2n) is 5.98. The van der Waals surface area contributed by atoms with Crippen LogP contribution in [0.25, 0.3) is 11.1 Å². The van der Waals surface area contributed by atoms with Crippen LogP contribution in [0.2, 0.25) is 0 Å². The number of carbonyl (C=O) groups excluding carboxylic acids is 1. The first-order valence-electron chi connectivity index (χ1n) is 6.95. The molecule has 0 saturated carbocycles. The molecule has 0 aliphatic heterocycles. The molecule has 2 aromatic rings. The summed E-state index contributed by atoms with van der Waals surface area (Å²) in [6, 6.07) is 10.5. The van der Waals surface area contributed by atoms with E-state index < -0.39 is 28.8 Å². The van der Waals surface area contributed by atoms with Crippen molar-refractivity contribution in [3.05, 3.63) is 59.2 Å². The van der Waals surface area contributed by atoms with Crippen LogP contribution in [0.5, 0.6) is 0 Å². The first-order valence-corrected chi connectivity index (χ1v) is 6.95. The smallest absolute Gasteiger partial charge is 0.341 e. The Hall–Kier alpha value is -2.74. The van der Waals surface area contributed by atoms with Gasteiger partial charge in [0.15, 0.2) is 11.6 Å². The van der Waals surface area contributed by atoms with Gasteiger partial charge in [-0.05, 0) is 44.5 Å². The summed E-state index contributed by atoms with van der Waals surface area (Å²) in [6.45, 7) is 4.93. The van der Waals surface area contributed by atoms with Crippen LogP contribution in [-0.4, -0.2) is 11.6 Å². The Labute approximate surface area is 133 Å². The molecule has 0 fully saturated rings. The molecule has 0 spiro atoms. The molecule has 5 heteroatoms. The third kappa shape index (κ3) is 3.72. The third-order valence-corrected chi connectivity index (χ3v) is 3.03. The molecule has 0 N–H and O–H groups in total. The minimum atomic E-state index is -1.25. The topological polar surface area (TPSA) is 50.1 Å². The summed E-state index contributed by atoms with van der Waals surface area (Å²) in [5, 5.41) is 8.75. The van der Waals surface area contributed by atoms with Crippen molar-refractivity contribution in [3.63, 3.8) is 0 Å². The van der Waals surface area contributed by atoms with Gasteiger partial charge in [-0.2, -0.15) is 5.26 Å². The fourth-order valence-corrected chi connectivity index (χ4v) is 1.99. The molecule has 2 rings (SSSR count). The lowest BCUT2D eigenvalue weighted by Gasteiger charge is -2.20. The van der Waals surface area contributed by atoms with E-state index in [9.17, 15) is 13.6 Å². The fraction of sp³-hybridized carbons (Fsp3) is 0.222. The molecule has 3 nitrogen and oxygen atoms in total. The van der Waals surface area contributed by atoms with E-state index in [1.165, 1.54) is 36.4 Å². The van der Waals surface area contributed by atoms with Crippen molar-refractivity contribution in [1.82, 2.24) is 0 Å². The Morgan fingerprint density at radius 1 is 1.04 bits per heavy atom. The predicted octanol–water partition coefficient (Wildman–Crippen LogP) is 4.46. The number of esters is 1. The minimum Gasteiger partial charge on any atom is -0.456 e. The summed E-state index contributed by atoms with van der Waals surface area (Å²) in [4.78, 5) is 11.9. The first-order chi connectivity index (χ1) is 10.7. The summed E-state index contributed by atoms with van der Waals surface area (Å²) in [7, 11) is 0. The molecule has 0 aliphatic carbocycles. The van der Waals surface area contributed by atoms with E-state index in [2.05, 4.69) is 0 Å². The number of hydrogen-bond acceptors (Lipinski definition) is 3.